The Kier molecular flexibility index (Phi) is 2.74. The molecule has 1 aliphatic heterocycles. The Morgan fingerprint density at radius 2 is 2.16 bits per heavy atom. The highest BCUT2D eigenvalue weighted by Gasteiger charge is 2.41. The lowest BCUT2D eigenvalue weighted by Gasteiger charge is -2.13. The molecule has 0 aliphatic carbocycles. The minimum atomic E-state index is -0.498. The molecule has 5 heteroatoms. The maximum Gasteiger partial charge on any atom is 0.450 e. The second kappa shape index (κ2) is 4.42. The number of H-pyrrole nitrogens is 1. The van der Waals surface area contributed by atoms with E-state index in [4.69, 9.17) is 4.74 Å². The third-order valence-electron chi connectivity index (χ3n) is 3.53. The van der Waals surface area contributed by atoms with Crippen LogP contribution in [0.15, 0.2) is 30.5 Å². The van der Waals surface area contributed by atoms with Gasteiger partial charge in [0.2, 0.25) is 6.10 Å². The predicted octanol–water partition coefficient (Wildman–Crippen LogP) is -0.147. The average Bonchev–Trinajstić information content (AvgIpc) is 3.01. The van der Waals surface area contributed by atoms with E-state index in [2.05, 4.69) is 15.3 Å². The van der Waals surface area contributed by atoms with Gasteiger partial charge in [-0.2, -0.15) is 5.32 Å². The van der Waals surface area contributed by atoms with Crippen molar-refractivity contribution >= 4 is 22.8 Å². The summed E-state index contributed by atoms with van der Waals surface area (Å²) in [6.45, 7) is 2.00. The first-order valence-electron chi connectivity index (χ1n) is 6.29. The van der Waals surface area contributed by atoms with Gasteiger partial charge in [0.25, 0.3) is 0 Å². The summed E-state index contributed by atoms with van der Waals surface area (Å²) < 4.78 is 5.59. The van der Waals surface area contributed by atoms with Crippen molar-refractivity contribution in [1.82, 2.24) is 10.3 Å². The van der Waals surface area contributed by atoms with Crippen molar-refractivity contribution in [2.45, 2.75) is 18.9 Å². The average molecular weight is 258 g/mol. The van der Waals surface area contributed by atoms with E-state index in [-0.39, 0.29) is 11.8 Å². The molecule has 1 amide bonds. The first-order valence-corrected chi connectivity index (χ1v) is 6.29. The van der Waals surface area contributed by atoms with Crippen LogP contribution in [0.1, 0.15) is 18.4 Å². The number of para-hydroxylation sites is 1. The summed E-state index contributed by atoms with van der Waals surface area (Å²) in [6, 6.07) is 8.47. The van der Waals surface area contributed by atoms with Gasteiger partial charge in [-0.25, -0.2) is 9.79 Å². The molecule has 0 bridgehead atoms. The fraction of sp³-hybridized carbons (Fsp3) is 0.286. The van der Waals surface area contributed by atoms with Gasteiger partial charge >= 0.3 is 11.9 Å². The van der Waals surface area contributed by atoms with Crippen LogP contribution >= 0.6 is 0 Å². The number of hydrogen-bond acceptors (Lipinski definition) is 2. The number of carbonyl (C=O) groups is 1. The standard InChI is InChI=1S/C14H15N3O2/c1-8(12-13(18)17-14(15-2)19-12)10-7-16-11-6-4-3-5-9(10)11/h3-8,12,16H,1-2H3,(H,15,17,18)/p+1/t8-,12+/m1/s1. The molecule has 1 fully saturated rings. The summed E-state index contributed by atoms with van der Waals surface area (Å²) in [5.74, 6) is -0.135. The van der Waals surface area contributed by atoms with Crippen LogP contribution in [0.25, 0.3) is 10.9 Å². The minimum Gasteiger partial charge on any atom is -0.415 e. The maximum absolute atomic E-state index is 11.9. The smallest absolute Gasteiger partial charge is 0.415 e. The number of benzene rings is 1. The molecule has 2 atom stereocenters. The molecule has 1 aromatic heterocycles. The van der Waals surface area contributed by atoms with E-state index < -0.39 is 6.10 Å². The zero-order valence-electron chi connectivity index (χ0n) is 10.9. The fourth-order valence-electron chi connectivity index (χ4n) is 2.48. The largest absolute Gasteiger partial charge is 0.450 e. The van der Waals surface area contributed by atoms with Gasteiger partial charge in [-0.3, -0.25) is 0 Å². The van der Waals surface area contributed by atoms with Gasteiger partial charge in [0.1, 0.15) is 0 Å². The molecule has 19 heavy (non-hydrogen) atoms. The monoisotopic (exact) mass is 258 g/mol. The van der Waals surface area contributed by atoms with Gasteiger partial charge in [0, 0.05) is 23.0 Å². The van der Waals surface area contributed by atoms with Crippen LogP contribution in [0.5, 0.6) is 0 Å². The molecule has 2 aromatic rings. The Bertz CT molecular complexity index is 660. The molecule has 0 unspecified atom stereocenters. The van der Waals surface area contributed by atoms with Crippen LogP contribution in [-0.2, 0) is 9.53 Å². The second-order valence-electron chi connectivity index (χ2n) is 4.69. The molecule has 1 saturated heterocycles. The summed E-state index contributed by atoms with van der Waals surface area (Å²) in [6.07, 6.45) is 1.45. The van der Waals surface area contributed by atoms with Crippen LogP contribution < -0.4 is 10.3 Å². The minimum absolute atomic E-state index is 0.0259. The van der Waals surface area contributed by atoms with Crippen LogP contribution in [-0.4, -0.2) is 30.1 Å². The first kappa shape index (κ1) is 11.8. The van der Waals surface area contributed by atoms with Crippen molar-refractivity contribution in [2.24, 2.45) is 0 Å². The molecule has 3 rings (SSSR count). The molecule has 98 valence electrons. The normalized spacial score (nSPS) is 22.5. The molecule has 5 nitrogen and oxygen atoms in total. The number of amides is 1. The summed E-state index contributed by atoms with van der Waals surface area (Å²) >= 11 is 0. The molecule has 2 heterocycles. The number of aromatic nitrogens is 1. The van der Waals surface area contributed by atoms with Crippen molar-refractivity contribution in [2.75, 3.05) is 7.05 Å². The summed E-state index contributed by atoms with van der Waals surface area (Å²) in [4.78, 5) is 17.9. The third-order valence-corrected chi connectivity index (χ3v) is 3.53. The zero-order chi connectivity index (χ0) is 13.4. The van der Waals surface area contributed by atoms with Gasteiger partial charge in [-0.15, -0.1) is 0 Å². The molecule has 0 saturated carbocycles. The van der Waals surface area contributed by atoms with Crippen molar-refractivity contribution in [3.05, 3.63) is 36.0 Å². The van der Waals surface area contributed by atoms with Crippen molar-refractivity contribution in [3.8, 4) is 0 Å². The van der Waals surface area contributed by atoms with E-state index in [1.54, 1.807) is 7.05 Å². The highest BCUT2D eigenvalue weighted by Crippen LogP contribution is 2.29. The fourth-order valence-corrected chi connectivity index (χ4v) is 2.48. The summed E-state index contributed by atoms with van der Waals surface area (Å²) in [5.41, 5.74) is 2.16. The number of nitrogens with one attached hydrogen (secondary N) is 3. The predicted molar refractivity (Wildman–Crippen MR) is 71.6 cm³/mol. The Labute approximate surface area is 110 Å². The Morgan fingerprint density at radius 1 is 1.37 bits per heavy atom. The molecule has 3 N–H and O–H groups in total. The van der Waals surface area contributed by atoms with Crippen molar-refractivity contribution < 1.29 is 14.5 Å². The van der Waals surface area contributed by atoms with Crippen LogP contribution in [0, 0.1) is 0 Å². The number of hydrogen-bond donors (Lipinski definition) is 3. The zero-order valence-corrected chi connectivity index (χ0v) is 10.9. The number of fused-ring (bicyclic) bond motifs is 1. The summed E-state index contributed by atoms with van der Waals surface area (Å²) in [5, 5.41) is 3.81. The number of carbonyl (C=O) groups excluding carboxylic acids is 1. The number of amidine groups is 1. The first-order chi connectivity index (χ1) is 9.20. The van der Waals surface area contributed by atoms with E-state index in [1.165, 1.54) is 0 Å². The van der Waals surface area contributed by atoms with E-state index in [9.17, 15) is 4.79 Å². The molecular weight excluding hydrogens is 242 g/mol. The van der Waals surface area contributed by atoms with E-state index in [1.807, 2.05) is 37.4 Å². The lowest BCUT2D eigenvalue weighted by Crippen LogP contribution is -2.71. The van der Waals surface area contributed by atoms with Gasteiger partial charge in [0.15, 0.2) is 0 Å². The maximum atomic E-state index is 11.9. The van der Waals surface area contributed by atoms with Crippen molar-refractivity contribution in [3.63, 3.8) is 0 Å². The number of aromatic amines is 1. The third kappa shape index (κ3) is 1.87. The van der Waals surface area contributed by atoms with E-state index in [0.29, 0.717) is 6.02 Å². The van der Waals surface area contributed by atoms with Gasteiger partial charge < -0.3 is 9.72 Å². The van der Waals surface area contributed by atoms with Crippen LogP contribution in [0.2, 0.25) is 0 Å². The second-order valence-corrected chi connectivity index (χ2v) is 4.69. The molecular formula is C14H16N3O2+. The molecule has 1 aromatic carbocycles. The Hall–Kier alpha value is -2.30. The van der Waals surface area contributed by atoms with Gasteiger partial charge in [0.05, 0.1) is 7.05 Å². The Morgan fingerprint density at radius 3 is 2.89 bits per heavy atom. The van der Waals surface area contributed by atoms with Crippen molar-refractivity contribution in [1.29, 1.82) is 0 Å². The molecule has 1 aliphatic rings. The SMILES string of the molecule is C[NH+]=C1NC(=O)[C@H]([C@H](C)c2c[nH]c3ccccc23)O1. The highest BCUT2D eigenvalue weighted by atomic mass is 16.5. The lowest BCUT2D eigenvalue weighted by atomic mass is 9.94. The lowest BCUT2D eigenvalue weighted by molar-refractivity contribution is -0.433. The Balaban J connectivity index is 1.96. The molecule has 0 radical (unpaired) electrons. The number of rotatable bonds is 2. The van der Waals surface area contributed by atoms with E-state index in [0.717, 1.165) is 16.5 Å². The molecule has 0 spiro atoms. The quantitative estimate of drug-likeness (QED) is 0.701. The summed E-state index contributed by atoms with van der Waals surface area (Å²) in [7, 11) is 1.72. The van der Waals surface area contributed by atoms with Gasteiger partial charge in [-0.1, -0.05) is 25.1 Å². The van der Waals surface area contributed by atoms with Crippen LogP contribution in [0.3, 0.4) is 0 Å². The van der Waals surface area contributed by atoms with E-state index >= 15 is 0 Å². The topological polar surface area (TPSA) is 68.1 Å². The highest BCUT2D eigenvalue weighted by molar-refractivity contribution is 6.00. The van der Waals surface area contributed by atoms with Gasteiger partial charge in [-0.05, 0) is 11.6 Å². The van der Waals surface area contributed by atoms with Crippen LogP contribution in [0.4, 0.5) is 0 Å². The number of ether oxygens (including phenoxy) is 1.